The third kappa shape index (κ3) is 47.8. The Labute approximate surface area is 386 Å². The van der Waals surface area contributed by atoms with Crippen LogP contribution in [0.2, 0.25) is 0 Å². The van der Waals surface area contributed by atoms with Gasteiger partial charge in [-0.3, -0.25) is 9.59 Å². The first-order valence-electron chi connectivity index (χ1n) is 27.6. The maximum absolute atomic E-state index is 12.4. The van der Waals surface area contributed by atoms with E-state index in [0.29, 0.717) is 25.9 Å². The molecule has 6 heteroatoms. The van der Waals surface area contributed by atoms with Crippen LogP contribution in [0.25, 0.3) is 0 Å². The van der Waals surface area contributed by atoms with Crippen LogP contribution in [0.5, 0.6) is 0 Å². The van der Waals surface area contributed by atoms with Gasteiger partial charge in [0.25, 0.3) is 0 Å². The number of esters is 1. The van der Waals surface area contributed by atoms with Crippen molar-refractivity contribution in [2.75, 3.05) is 13.2 Å². The fourth-order valence-electron chi connectivity index (χ4n) is 8.45. The quantitative estimate of drug-likeness (QED) is 0.0321. The highest BCUT2D eigenvalue weighted by atomic mass is 16.5. The van der Waals surface area contributed by atoms with Gasteiger partial charge in [-0.2, -0.15) is 0 Å². The Morgan fingerprint density at radius 1 is 0.435 bits per heavy atom. The predicted octanol–water partition coefficient (Wildman–Crippen LogP) is 16.7. The van der Waals surface area contributed by atoms with Crippen LogP contribution in [-0.4, -0.2) is 47.4 Å². The second-order valence-corrected chi connectivity index (χ2v) is 18.9. The van der Waals surface area contributed by atoms with Crippen molar-refractivity contribution < 1.29 is 24.5 Å². The third-order valence-corrected chi connectivity index (χ3v) is 12.7. The molecule has 2 atom stereocenters. The van der Waals surface area contributed by atoms with Crippen LogP contribution < -0.4 is 5.32 Å². The van der Waals surface area contributed by atoms with Crippen LogP contribution in [0, 0.1) is 0 Å². The summed E-state index contributed by atoms with van der Waals surface area (Å²) in [5.41, 5.74) is 0. The molecule has 0 aliphatic heterocycles. The molecule has 0 aromatic rings. The Hall–Kier alpha value is -1.66. The normalized spacial score (nSPS) is 12.8. The Morgan fingerprint density at radius 3 is 1.15 bits per heavy atom. The molecular weight excluding hydrogens is 767 g/mol. The number of aliphatic hydroxyl groups excluding tert-OH is 2. The third-order valence-electron chi connectivity index (χ3n) is 12.7. The average molecular weight is 874 g/mol. The summed E-state index contributed by atoms with van der Waals surface area (Å²) in [7, 11) is 0. The fraction of sp³-hybridized carbons (Fsp3) is 0.893. The molecule has 0 aromatic heterocycles. The van der Waals surface area contributed by atoms with Gasteiger partial charge in [-0.15, -0.1) is 0 Å². The summed E-state index contributed by atoms with van der Waals surface area (Å²) in [5.74, 6) is -0.0636. The number of hydrogen-bond donors (Lipinski definition) is 3. The van der Waals surface area contributed by atoms with Crippen molar-refractivity contribution in [3.8, 4) is 0 Å². The van der Waals surface area contributed by atoms with Crippen LogP contribution >= 0.6 is 0 Å². The molecule has 0 saturated carbocycles. The van der Waals surface area contributed by atoms with Crippen molar-refractivity contribution in [2.45, 2.75) is 309 Å². The molecule has 0 saturated heterocycles. The molecule has 366 valence electrons. The summed E-state index contributed by atoms with van der Waals surface area (Å²) in [6.07, 6.45) is 61.5. The lowest BCUT2D eigenvalue weighted by atomic mass is 10.0. The van der Waals surface area contributed by atoms with Gasteiger partial charge < -0.3 is 20.3 Å². The van der Waals surface area contributed by atoms with E-state index >= 15 is 0 Å². The highest BCUT2D eigenvalue weighted by Gasteiger charge is 2.20. The number of carbonyl (C=O) groups is 2. The lowest BCUT2D eigenvalue weighted by Gasteiger charge is -2.22. The minimum Gasteiger partial charge on any atom is -0.466 e. The Morgan fingerprint density at radius 2 is 0.758 bits per heavy atom. The molecule has 0 radical (unpaired) electrons. The number of hydrogen-bond acceptors (Lipinski definition) is 5. The maximum atomic E-state index is 12.4. The van der Waals surface area contributed by atoms with E-state index < -0.39 is 12.1 Å². The van der Waals surface area contributed by atoms with E-state index in [1.165, 1.54) is 193 Å². The molecule has 0 bridgehead atoms. The number of ether oxygens (including phenoxy) is 1. The molecular formula is C56H107NO5. The van der Waals surface area contributed by atoms with E-state index in [-0.39, 0.29) is 18.5 Å². The first kappa shape index (κ1) is 60.3. The summed E-state index contributed by atoms with van der Waals surface area (Å²) in [6.45, 7) is 4.91. The van der Waals surface area contributed by atoms with Gasteiger partial charge in [0.1, 0.15) is 0 Å². The van der Waals surface area contributed by atoms with Crippen molar-refractivity contribution in [3.63, 3.8) is 0 Å². The summed E-state index contributed by atoms with van der Waals surface area (Å²) in [4.78, 5) is 24.5. The van der Waals surface area contributed by atoms with E-state index in [1.807, 2.05) is 0 Å². The molecule has 0 aromatic carbocycles. The molecule has 3 N–H and O–H groups in total. The van der Waals surface area contributed by atoms with Crippen molar-refractivity contribution in [1.82, 2.24) is 5.32 Å². The van der Waals surface area contributed by atoms with Gasteiger partial charge in [-0.25, -0.2) is 0 Å². The monoisotopic (exact) mass is 874 g/mol. The van der Waals surface area contributed by atoms with Crippen LogP contribution in [0.3, 0.4) is 0 Å². The van der Waals surface area contributed by atoms with Crippen molar-refractivity contribution in [2.24, 2.45) is 0 Å². The second kappa shape index (κ2) is 52.0. The smallest absolute Gasteiger partial charge is 0.305 e. The summed E-state index contributed by atoms with van der Waals surface area (Å²) in [5, 5.41) is 23.2. The average Bonchev–Trinajstić information content (AvgIpc) is 3.27. The van der Waals surface area contributed by atoms with Gasteiger partial charge in [0.2, 0.25) is 5.91 Å². The first-order chi connectivity index (χ1) is 30.5. The molecule has 62 heavy (non-hydrogen) atoms. The van der Waals surface area contributed by atoms with Crippen LogP contribution in [0.15, 0.2) is 24.3 Å². The van der Waals surface area contributed by atoms with Gasteiger partial charge in [-0.05, 0) is 77.0 Å². The van der Waals surface area contributed by atoms with Gasteiger partial charge in [0.05, 0.1) is 25.4 Å². The standard InChI is InChI=1S/C56H107NO5/c1-3-5-7-9-11-13-15-17-18-19-22-26-30-34-38-42-46-50-56(61)62-51-47-43-39-35-31-27-23-20-21-25-29-33-37-41-45-49-55(60)57-53(52-58)54(59)48-44-40-36-32-28-24-16-14-12-10-8-6-4-2/h17-18,23,27,53-54,58-59H,3-16,19-22,24-26,28-52H2,1-2H3,(H,57,60)/b18-17-,27-23-. The minimum atomic E-state index is -0.673. The largest absolute Gasteiger partial charge is 0.466 e. The Kier molecular flexibility index (Phi) is 50.6. The minimum absolute atomic E-state index is 0.0134. The molecule has 0 rings (SSSR count). The molecule has 2 unspecified atom stereocenters. The summed E-state index contributed by atoms with van der Waals surface area (Å²) < 4.78 is 5.46. The van der Waals surface area contributed by atoms with E-state index in [4.69, 9.17) is 4.74 Å². The lowest BCUT2D eigenvalue weighted by Crippen LogP contribution is -2.45. The SMILES string of the molecule is CCCCCCCC/C=C\CCCCCCCCCC(=O)OCCCCCC/C=C\CCCCCCCCCC(=O)NC(CO)C(O)CCCCCCCCCCCCCCC. The summed E-state index contributed by atoms with van der Waals surface area (Å²) in [6, 6.07) is -0.552. The molecule has 0 spiro atoms. The molecule has 0 aliphatic carbocycles. The molecule has 0 aliphatic rings. The van der Waals surface area contributed by atoms with Crippen molar-refractivity contribution in [3.05, 3.63) is 24.3 Å². The number of carbonyl (C=O) groups excluding carboxylic acids is 2. The highest BCUT2D eigenvalue weighted by molar-refractivity contribution is 5.76. The summed E-state index contributed by atoms with van der Waals surface area (Å²) >= 11 is 0. The zero-order valence-corrected chi connectivity index (χ0v) is 41.6. The second-order valence-electron chi connectivity index (χ2n) is 18.9. The molecule has 0 heterocycles. The predicted molar refractivity (Wildman–Crippen MR) is 269 cm³/mol. The fourth-order valence-corrected chi connectivity index (χ4v) is 8.45. The number of aliphatic hydroxyl groups is 2. The number of unbranched alkanes of at least 4 members (excludes halogenated alkanes) is 36. The van der Waals surface area contributed by atoms with Crippen LogP contribution in [-0.2, 0) is 14.3 Å². The number of amides is 1. The Balaban J connectivity index is 3.46. The molecule has 1 amide bonds. The van der Waals surface area contributed by atoms with E-state index in [1.54, 1.807) is 0 Å². The lowest BCUT2D eigenvalue weighted by molar-refractivity contribution is -0.143. The van der Waals surface area contributed by atoms with Crippen LogP contribution in [0.4, 0.5) is 0 Å². The van der Waals surface area contributed by atoms with Crippen molar-refractivity contribution >= 4 is 11.9 Å². The molecule has 0 fully saturated rings. The molecule has 6 nitrogen and oxygen atoms in total. The zero-order chi connectivity index (χ0) is 45.1. The van der Waals surface area contributed by atoms with E-state index in [9.17, 15) is 19.8 Å². The van der Waals surface area contributed by atoms with Crippen molar-refractivity contribution in [1.29, 1.82) is 0 Å². The van der Waals surface area contributed by atoms with Crippen LogP contribution in [0.1, 0.15) is 296 Å². The van der Waals surface area contributed by atoms with Gasteiger partial charge in [-0.1, -0.05) is 231 Å². The van der Waals surface area contributed by atoms with E-state index in [2.05, 4.69) is 43.5 Å². The van der Waals surface area contributed by atoms with Gasteiger partial charge in [0, 0.05) is 12.8 Å². The zero-order valence-electron chi connectivity index (χ0n) is 41.6. The van der Waals surface area contributed by atoms with Gasteiger partial charge in [0.15, 0.2) is 0 Å². The first-order valence-corrected chi connectivity index (χ1v) is 27.6. The van der Waals surface area contributed by atoms with Gasteiger partial charge >= 0.3 is 5.97 Å². The highest BCUT2D eigenvalue weighted by Crippen LogP contribution is 2.16. The Bertz CT molecular complexity index is 966. The number of rotatable bonds is 51. The van der Waals surface area contributed by atoms with E-state index in [0.717, 1.165) is 70.6 Å². The number of allylic oxidation sites excluding steroid dienone is 4. The topological polar surface area (TPSA) is 95.9 Å². The maximum Gasteiger partial charge on any atom is 0.305 e. The number of nitrogens with one attached hydrogen (secondary N) is 1.